The second kappa shape index (κ2) is 5.95. The van der Waals surface area contributed by atoms with Gasteiger partial charge in [-0.05, 0) is 18.9 Å². The Kier molecular flexibility index (Phi) is 4.05. The van der Waals surface area contributed by atoms with Crippen LogP contribution in [0.1, 0.15) is 18.4 Å². The number of nitrogens with two attached hydrogens (primary N) is 1. The Bertz CT molecular complexity index is 566. The molecule has 2 aromatic rings. The summed E-state index contributed by atoms with van der Waals surface area (Å²) in [5.41, 5.74) is 8.13. The first kappa shape index (κ1) is 13.6. The SMILES string of the molecule is COC1CCN(Cc2coc3ccccc23)C(CN)C1. The predicted octanol–water partition coefficient (Wildman–Crippen LogP) is 2.37. The molecule has 0 spiro atoms. The number of fused-ring (bicyclic) bond motifs is 1. The van der Waals surface area contributed by atoms with Gasteiger partial charge in [0.25, 0.3) is 0 Å². The van der Waals surface area contributed by atoms with Gasteiger partial charge in [0, 0.05) is 43.7 Å². The van der Waals surface area contributed by atoms with Gasteiger partial charge in [-0.25, -0.2) is 0 Å². The zero-order chi connectivity index (χ0) is 13.9. The fraction of sp³-hybridized carbons (Fsp3) is 0.500. The van der Waals surface area contributed by atoms with Crippen LogP contribution in [0, 0.1) is 0 Å². The van der Waals surface area contributed by atoms with Gasteiger partial charge >= 0.3 is 0 Å². The standard InChI is InChI=1S/C16H22N2O2/c1-19-14-6-7-18(13(8-14)9-17)10-12-11-20-16-5-3-2-4-15(12)16/h2-5,11,13-14H,6-10,17H2,1H3. The van der Waals surface area contributed by atoms with Gasteiger partial charge in [0.15, 0.2) is 0 Å². The zero-order valence-electron chi connectivity index (χ0n) is 11.9. The van der Waals surface area contributed by atoms with Gasteiger partial charge in [-0.2, -0.15) is 0 Å². The number of methoxy groups -OCH3 is 1. The summed E-state index contributed by atoms with van der Waals surface area (Å²) in [4.78, 5) is 2.45. The lowest BCUT2D eigenvalue weighted by molar-refractivity contribution is 0.0103. The fourth-order valence-corrected chi connectivity index (χ4v) is 3.10. The molecular weight excluding hydrogens is 252 g/mol. The van der Waals surface area contributed by atoms with Crippen LogP contribution < -0.4 is 5.73 Å². The predicted molar refractivity (Wildman–Crippen MR) is 79.5 cm³/mol. The molecule has 1 aromatic heterocycles. The quantitative estimate of drug-likeness (QED) is 0.930. The van der Waals surface area contributed by atoms with Crippen molar-refractivity contribution < 1.29 is 9.15 Å². The maximum Gasteiger partial charge on any atom is 0.134 e. The van der Waals surface area contributed by atoms with E-state index in [1.54, 1.807) is 7.11 Å². The van der Waals surface area contributed by atoms with E-state index in [4.69, 9.17) is 14.9 Å². The van der Waals surface area contributed by atoms with Crippen molar-refractivity contribution in [1.29, 1.82) is 0 Å². The highest BCUT2D eigenvalue weighted by atomic mass is 16.5. The summed E-state index contributed by atoms with van der Waals surface area (Å²) < 4.78 is 11.1. The molecule has 2 unspecified atom stereocenters. The van der Waals surface area contributed by atoms with Crippen LogP contribution in [0.5, 0.6) is 0 Å². The van der Waals surface area contributed by atoms with E-state index in [1.807, 2.05) is 18.4 Å². The highest BCUT2D eigenvalue weighted by Crippen LogP contribution is 2.26. The molecule has 0 saturated carbocycles. The maximum absolute atomic E-state index is 5.93. The van der Waals surface area contributed by atoms with Gasteiger partial charge in [0.05, 0.1) is 12.4 Å². The van der Waals surface area contributed by atoms with Crippen molar-refractivity contribution in [1.82, 2.24) is 4.90 Å². The van der Waals surface area contributed by atoms with Crippen molar-refractivity contribution in [2.75, 3.05) is 20.2 Å². The number of piperidine rings is 1. The third-order valence-electron chi connectivity index (χ3n) is 4.33. The van der Waals surface area contributed by atoms with Gasteiger partial charge in [-0.3, -0.25) is 4.90 Å². The molecule has 108 valence electrons. The van der Waals surface area contributed by atoms with Gasteiger partial charge in [-0.15, -0.1) is 0 Å². The summed E-state index contributed by atoms with van der Waals surface area (Å²) in [7, 11) is 1.79. The smallest absolute Gasteiger partial charge is 0.134 e. The molecule has 0 aliphatic carbocycles. The van der Waals surface area contributed by atoms with Crippen molar-refractivity contribution >= 4 is 11.0 Å². The van der Waals surface area contributed by atoms with Crippen molar-refractivity contribution in [2.24, 2.45) is 5.73 Å². The Morgan fingerprint density at radius 1 is 1.40 bits per heavy atom. The van der Waals surface area contributed by atoms with Gasteiger partial charge in [0.2, 0.25) is 0 Å². The number of para-hydroxylation sites is 1. The van der Waals surface area contributed by atoms with E-state index in [0.29, 0.717) is 18.7 Å². The van der Waals surface area contributed by atoms with Crippen molar-refractivity contribution in [2.45, 2.75) is 31.5 Å². The Balaban J connectivity index is 1.76. The monoisotopic (exact) mass is 274 g/mol. The molecule has 1 saturated heterocycles. The van der Waals surface area contributed by atoms with Crippen LogP contribution in [0.2, 0.25) is 0 Å². The van der Waals surface area contributed by atoms with E-state index in [1.165, 1.54) is 10.9 Å². The largest absolute Gasteiger partial charge is 0.464 e. The summed E-state index contributed by atoms with van der Waals surface area (Å²) in [5.74, 6) is 0. The average molecular weight is 274 g/mol. The molecule has 2 N–H and O–H groups in total. The van der Waals surface area contributed by atoms with Crippen molar-refractivity contribution in [3.05, 3.63) is 36.1 Å². The molecule has 3 rings (SSSR count). The molecule has 0 radical (unpaired) electrons. The van der Waals surface area contributed by atoms with Gasteiger partial charge in [0.1, 0.15) is 5.58 Å². The minimum absolute atomic E-state index is 0.348. The average Bonchev–Trinajstić information content (AvgIpc) is 2.91. The van der Waals surface area contributed by atoms with E-state index in [0.717, 1.165) is 31.5 Å². The number of hydrogen-bond acceptors (Lipinski definition) is 4. The van der Waals surface area contributed by atoms with Crippen LogP contribution in [-0.4, -0.2) is 37.2 Å². The molecule has 2 atom stereocenters. The number of hydrogen-bond donors (Lipinski definition) is 1. The third-order valence-corrected chi connectivity index (χ3v) is 4.33. The molecule has 1 fully saturated rings. The van der Waals surface area contributed by atoms with Crippen LogP contribution in [0.3, 0.4) is 0 Å². The second-order valence-corrected chi connectivity index (χ2v) is 5.50. The summed E-state index contributed by atoms with van der Waals surface area (Å²) in [6.07, 6.45) is 4.31. The van der Waals surface area contributed by atoms with E-state index in [-0.39, 0.29) is 0 Å². The first-order valence-electron chi connectivity index (χ1n) is 7.24. The minimum atomic E-state index is 0.348. The Labute approximate surface area is 119 Å². The third kappa shape index (κ3) is 2.59. The highest BCUT2D eigenvalue weighted by Gasteiger charge is 2.28. The molecule has 0 bridgehead atoms. The van der Waals surface area contributed by atoms with Crippen molar-refractivity contribution in [3.63, 3.8) is 0 Å². The summed E-state index contributed by atoms with van der Waals surface area (Å²) in [6.45, 7) is 2.60. The lowest BCUT2D eigenvalue weighted by Crippen LogP contribution is -2.47. The Morgan fingerprint density at radius 3 is 3.05 bits per heavy atom. The molecule has 0 amide bonds. The van der Waals surface area contributed by atoms with Gasteiger partial charge < -0.3 is 14.9 Å². The second-order valence-electron chi connectivity index (χ2n) is 5.50. The van der Waals surface area contributed by atoms with Crippen LogP contribution in [0.15, 0.2) is 34.9 Å². The summed E-state index contributed by atoms with van der Waals surface area (Å²) in [6, 6.07) is 8.58. The molecule has 4 nitrogen and oxygen atoms in total. The normalized spacial score (nSPS) is 24.3. The number of rotatable bonds is 4. The van der Waals surface area contributed by atoms with Gasteiger partial charge in [-0.1, -0.05) is 18.2 Å². The van der Waals surface area contributed by atoms with E-state index in [9.17, 15) is 0 Å². The molecule has 1 aliphatic heterocycles. The van der Waals surface area contributed by atoms with Crippen LogP contribution in [-0.2, 0) is 11.3 Å². The number of benzene rings is 1. The Morgan fingerprint density at radius 2 is 2.25 bits per heavy atom. The Hall–Kier alpha value is -1.36. The maximum atomic E-state index is 5.93. The number of nitrogens with zero attached hydrogens (tertiary/aromatic N) is 1. The number of ether oxygens (including phenoxy) is 1. The minimum Gasteiger partial charge on any atom is -0.464 e. The van der Waals surface area contributed by atoms with Crippen LogP contribution in [0.4, 0.5) is 0 Å². The summed E-state index contributed by atoms with van der Waals surface area (Å²) >= 11 is 0. The van der Waals surface area contributed by atoms with E-state index >= 15 is 0 Å². The summed E-state index contributed by atoms with van der Waals surface area (Å²) in [5, 5.41) is 1.21. The van der Waals surface area contributed by atoms with Crippen molar-refractivity contribution in [3.8, 4) is 0 Å². The van der Waals surface area contributed by atoms with Crippen LogP contribution in [0.25, 0.3) is 11.0 Å². The first-order chi connectivity index (χ1) is 9.81. The molecule has 1 aromatic carbocycles. The zero-order valence-corrected chi connectivity index (χ0v) is 11.9. The van der Waals surface area contributed by atoms with E-state index < -0.39 is 0 Å². The van der Waals surface area contributed by atoms with E-state index in [2.05, 4.69) is 17.0 Å². The fourth-order valence-electron chi connectivity index (χ4n) is 3.10. The first-order valence-corrected chi connectivity index (χ1v) is 7.24. The van der Waals surface area contributed by atoms with Crippen LogP contribution >= 0.6 is 0 Å². The lowest BCUT2D eigenvalue weighted by Gasteiger charge is -2.38. The molecule has 1 aliphatic rings. The molecule has 2 heterocycles. The molecule has 20 heavy (non-hydrogen) atoms. The topological polar surface area (TPSA) is 51.6 Å². The molecular formula is C16H22N2O2. The molecule has 4 heteroatoms. The highest BCUT2D eigenvalue weighted by molar-refractivity contribution is 5.80. The number of furan rings is 1. The number of likely N-dealkylation sites (tertiary alicyclic amines) is 1. The lowest BCUT2D eigenvalue weighted by atomic mass is 9.98.